The summed E-state index contributed by atoms with van der Waals surface area (Å²) in [5, 5.41) is 0. The maximum absolute atomic E-state index is 6.30. The molecule has 2 rings (SSSR count). The molecule has 0 N–H and O–H groups in total. The van der Waals surface area contributed by atoms with Crippen molar-refractivity contribution < 1.29 is 4.74 Å². The maximum atomic E-state index is 6.30. The van der Waals surface area contributed by atoms with Crippen molar-refractivity contribution >= 4 is 6.08 Å². The van der Waals surface area contributed by atoms with E-state index in [0.29, 0.717) is 17.9 Å². The van der Waals surface area contributed by atoms with Crippen molar-refractivity contribution in [2.45, 2.75) is 45.8 Å². The van der Waals surface area contributed by atoms with E-state index in [1.165, 1.54) is 17.6 Å². The van der Waals surface area contributed by atoms with Crippen LogP contribution in [0.1, 0.15) is 39.2 Å². The molecule has 108 valence electrons. The Balaban J connectivity index is 2.11. The quantitative estimate of drug-likeness (QED) is 0.692. The fourth-order valence-electron chi connectivity index (χ4n) is 2.84. The number of ether oxygens (including phenoxy) is 1. The molecule has 1 saturated heterocycles. The smallest absolute Gasteiger partial charge is 0.0827 e. The summed E-state index contributed by atoms with van der Waals surface area (Å²) in [6.45, 7) is 10.7. The summed E-state index contributed by atoms with van der Waals surface area (Å²) in [5.41, 5.74) is 2.46. The van der Waals surface area contributed by atoms with E-state index in [9.17, 15) is 0 Å². The average molecular weight is 270 g/mol. The zero-order chi connectivity index (χ0) is 14.5. The van der Waals surface area contributed by atoms with Crippen LogP contribution in [-0.2, 0) is 4.74 Å². The Kier molecular flexibility index (Phi) is 5.19. The largest absolute Gasteiger partial charge is 0.370 e. The third kappa shape index (κ3) is 3.83. The Morgan fingerprint density at radius 2 is 1.95 bits per heavy atom. The van der Waals surface area contributed by atoms with E-state index in [1.807, 2.05) is 6.07 Å². The molecule has 0 bridgehead atoms. The van der Waals surface area contributed by atoms with E-state index in [-0.39, 0.29) is 6.10 Å². The van der Waals surface area contributed by atoms with Crippen LogP contribution < -0.4 is 0 Å². The lowest BCUT2D eigenvalue weighted by molar-refractivity contribution is -0.0695. The first kappa shape index (κ1) is 15.1. The molecule has 20 heavy (non-hydrogen) atoms. The van der Waals surface area contributed by atoms with Crippen molar-refractivity contribution in [1.29, 1.82) is 0 Å². The van der Waals surface area contributed by atoms with Gasteiger partial charge in [-0.3, -0.25) is 0 Å². The normalized spacial score (nSPS) is 27.1. The van der Waals surface area contributed by atoms with Crippen LogP contribution in [-0.4, -0.2) is 12.2 Å². The summed E-state index contributed by atoms with van der Waals surface area (Å²) in [6.07, 6.45) is 7.24. The summed E-state index contributed by atoms with van der Waals surface area (Å²) in [5.74, 6) is 1.03. The number of benzene rings is 1. The maximum Gasteiger partial charge on any atom is 0.0827 e. The third-order valence-electron chi connectivity index (χ3n) is 4.15. The summed E-state index contributed by atoms with van der Waals surface area (Å²) in [4.78, 5) is 0. The van der Waals surface area contributed by atoms with Gasteiger partial charge >= 0.3 is 0 Å². The summed E-state index contributed by atoms with van der Waals surface area (Å²) >= 11 is 0. The summed E-state index contributed by atoms with van der Waals surface area (Å²) < 4.78 is 6.30. The Morgan fingerprint density at radius 3 is 2.55 bits per heavy atom. The fraction of sp³-hybridized carbons (Fsp3) is 0.474. The van der Waals surface area contributed by atoms with E-state index in [1.54, 1.807) is 0 Å². The molecule has 0 aromatic heterocycles. The van der Waals surface area contributed by atoms with Crippen LogP contribution in [0.2, 0.25) is 0 Å². The van der Waals surface area contributed by atoms with Gasteiger partial charge in [0.2, 0.25) is 0 Å². The van der Waals surface area contributed by atoms with Gasteiger partial charge in [-0.1, -0.05) is 68.5 Å². The van der Waals surface area contributed by atoms with E-state index in [2.05, 4.69) is 63.8 Å². The predicted molar refractivity (Wildman–Crippen MR) is 86.5 cm³/mol. The number of rotatable bonds is 4. The zero-order valence-electron chi connectivity index (χ0n) is 12.9. The van der Waals surface area contributed by atoms with Gasteiger partial charge in [-0.05, 0) is 31.2 Å². The van der Waals surface area contributed by atoms with Crippen molar-refractivity contribution in [3.05, 3.63) is 54.1 Å². The van der Waals surface area contributed by atoms with Gasteiger partial charge in [-0.15, -0.1) is 0 Å². The van der Waals surface area contributed by atoms with Crippen LogP contribution in [0.25, 0.3) is 6.08 Å². The lowest BCUT2D eigenvalue weighted by Crippen LogP contribution is -2.36. The first-order chi connectivity index (χ1) is 9.58. The molecule has 1 aliphatic rings. The molecule has 0 amide bonds. The molecule has 1 fully saturated rings. The van der Waals surface area contributed by atoms with E-state index >= 15 is 0 Å². The standard InChI is InChI=1S/C19H26O/c1-14(2)17-11-13-18(15(3)4)20-19(17)12-10-16-8-6-5-7-9-16/h5-10,12,15,17-19H,1,11,13H2,2-4H3/b12-10+/t17-,18-,19-/m1/s1. The average Bonchev–Trinajstić information content (AvgIpc) is 2.45. The van der Waals surface area contributed by atoms with Gasteiger partial charge in [0, 0.05) is 5.92 Å². The van der Waals surface area contributed by atoms with Gasteiger partial charge < -0.3 is 4.74 Å². The molecular formula is C19H26O. The van der Waals surface area contributed by atoms with Gasteiger partial charge in [0.25, 0.3) is 0 Å². The van der Waals surface area contributed by atoms with Gasteiger partial charge in [-0.2, -0.15) is 0 Å². The molecule has 3 atom stereocenters. The molecule has 1 aromatic rings. The molecule has 1 aliphatic heterocycles. The highest BCUT2D eigenvalue weighted by Crippen LogP contribution is 2.33. The van der Waals surface area contributed by atoms with Crippen molar-refractivity contribution in [3.63, 3.8) is 0 Å². The molecule has 1 aromatic carbocycles. The third-order valence-corrected chi connectivity index (χ3v) is 4.15. The molecule has 1 heteroatoms. The van der Waals surface area contributed by atoms with E-state index < -0.39 is 0 Å². The lowest BCUT2D eigenvalue weighted by atomic mass is 9.84. The molecule has 0 saturated carbocycles. The minimum absolute atomic E-state index is 0.161. The van der Waals surface area contributed by atoms with Crippen molar-refractivity contribution in [1.82, 2.24) is 0 Å². The van der Waals surface area contributed by atoms with Crippen LogP contribution >= 0.6 is 0 Å². The lowest BCUT2D eigenvalue weighted by Gasteiger charge is -2.37. The molecule has 1 heterocycles. The molecule has 0 unspecified atom stereocenters. The molecule has 0 radical (unpaired) electrons. The first-order valence-electron chi connectivity index (χ1n) is 7.62. The predicted octanol–water partition coefficient (Wildman–Crippen LogP) is 5.10. The second-order valence-electron chi connectivity index (χ2n) is 6.18. The van der Waals surface area contributed by atoms with Crippen LogP contribution in [0.15, 0.2) is 48.6 Å². The number of hydrogen-bond acceptors (Lipinski definition) is 1. The van der Waals surface area contributed by atoms with Crippen LogP contribution in [0.5, 0.6) is 0 Å². The second-order valence-corrected chi connectivity index (χ2v) is 6.18. The van der Waals surface area contributed by atoms with Gasteiger partial charge in [0.05, 0.1) is 12.2 Å². The van der Waals surface area contributed by atoms with Crippen molar-refractivity contribution in [3.8, 4) is 0 Å². The van der Waals surface area contributed by atoms with Crippen LogP contribution in [0.3, 0.4) is 0 Å². The Morgan fingerprint density at radius 1 is 1.25 bits per heavy atom. The topological polar surface area (TPSA) is 9.23 Å². The Bertz CT molecular complexity index is 458. The van der Waals surface area contributed by atoms with Crippen molar-refractivity contribution in [2.24, 2.45) is 11.8 Å². The van der Waals surface area contributed by atoms with Crippen LogP contribution in [0, 0.1) is 11.8 Å². The zero-order valence-corrected chi connectivity index (χ0v) is 12.9. The fourth-order valence-corrected chi connectivity index (χ4v) is 2.84. The Labute approximate surface area is 123 Å². The highest BCUT2D eigenvalue weighted by Gasteiger charge is 2.31. The summed E-state index contributed by atoms with van der Waals surface area (Å²) in [6, 6.07) is 10.4. The van der Waals surface area contributed by atoms with Gasteiger partial charge in [0.15, 0.2) is 0 Å². The first-order valence-corrected chi connectivity index (χ1v) is 7.62. The highest BCUT2D eigenvalue weighted by atomic mass is 16.5. The SMILES string of the molecule is C=C(C)[C@H]1CC[C@H](C(C)C)O[C@@H]1/C=C/c1ccccc1. The minimum Gasteiger partial charge on any atom is -0.370 e. The van der Waals surface area contributed by atoms with E-state index in [4.69, 9.17) is 4.74 Å². The van der Waals surface area contributed by atoms with Crippen LogP contribution in [0.4, 0.5) is 0 Å². The highest BCUT2D eigenvalue weighted by molar-refractivity contribution is 5.49. The molecular weight excluding hydrogens is 244 g/mol. The monoisotopic (exact) mass is 270 g/mol. The molecule has 0 aliphatic carbocycles. The molecule has 1 nitrogen and oxygen atoms in total. The summed E-state index contributed by atoms with van der Waals surface area (Å²) in [7, 11) is 0. The van der Waals surface area contributed by atoms with E-state index in [0.717, 1.165) is 6.42 Å². The molecule has 0 spiro atoms. The number of hydrogen-bond donors (Lipinski definition) is 0. The second kappa shape index (κ2) is 6.90. The van der Waals surface area contributed by atoms with Crippen molar-refractivity contribution in [2.75, 3.05) is 0 Å². The Hall–Kier alpha value is -1.34. The van der Waals surface area contributed by atoms with Gasteiger partial charge in [-0.25, -0.2) is 0 Å². The van der Waals surface area contributed by atoms with Gasteiger partial charge in [0.1, 0.15) is 0 Å². The minimum atomic E-state index is 0.161.